The van der Waals surface area contributed by atoms with Crippen molar-refractivity contribution in [3.8, 4) is 0 Å². The summed E-state index contributed by atoms with van der Waals surface area (Å²) >= 11 is 6.59. The van der Waals surface area contributed by atoms with Gasteiger partial charge in [0.25, 0.3) is 0 Å². The monoisotopic (exact) mass is 378 g/mol. The van der Waals surface area contributed by atoms with Crippen LogP contribution >= 0.6 is 22.9 Å². The molecule has 0 amide bonds. The van der Waals surface area contributed by atoms with Crippen molar-refractivity contribution in [2.45, 2.75) is 19.0 Å². The number of nitrogens with zero attached hydrogens (tertiary/aromatic N) is 2. The Kier molecular flexibility index (Phi) is 4.39. The SMILES string of the molecule is Nn1c(Nc2ccc(Cl)c(C(F)(F)F)c2)c(N2CCCC2)sc1=O. The lowest BCUT2D eigenvalue weighted by Crippen LogP contribution is -2.24. The van der Waals surface area contributed by atoms with Crippen LogP contribution in [0.25, 0.3) is 0 Å². The van der Waals surface area contributed by atoms with Crippen molar-refractivity contribution in [1.29, 1.82) is 0 Å². The van der Waals surface area contributed by atoms with Gasteiger partial charge in [-0.05, 0) is 31.0 Å². The zero-order chi connectivity index (χ0) is 17.5. The van der Waals surface area contributed by atoms with E-state index in [1.807, 2.05) is 4.90 Å². The molecular formula is C14H14ClF3N4OS. The Morgan fingerprint density at radius 2 is 1.92 bits per heavy atom. The third-order valence-electron chi connectivity index (χ3n) is 3.75. The second-order valence-electron chi connectivity index (χ2n) is 5.40. The Balaban J connectivity index is 1.98. The third-order valence-corrected chi connectivity index (χ3v) is 5.10. The Bertz CT molecular complexity index is 811. The van der Waals surface area contributed by atoms with Gasteiger partial charge in [-0.25, -0.2) is 0 Å². The van der Waals surface area contributed by atoms with Crippen molar-refractivity contribution >= 4 is 39.4 Å². The molecule has 5 nitrogen and oxygen atoms in total. The summed E-state index contributed by atoms with van der Waals surface area (Å²) < 4.78 is 39.8. The third kappa shape index (κ3) is 3.18. The lowest BCUT2D eigenvalue weighted by molar-refractivity contribution is -0.137. The van der Waals surface area contributed by atoms with E-state index >= 15 is 0 Å². The average Bonchev–Trinajstić information content (AvgIpc) is 3.12. The summed E-state index contributed by atoms with van der Waals surface area (Å²) in [7, 11) is 0. The number of thiazole rings is 1. The zero-order valence-electron chi connectivity index (χ0n) is 12.4. The molecule has 1 fully saturated rings. The van der Waals surface area contributed by atoms with Gasteiger partial charge in [0.2, 0.25) is 0 Å². The van der Waals surface area contributed by atoms with Crippen molar-refractivity contribution in [2.75, 3.05) is 29.1 Å². The quantitative estimate of drug-likeness (QED) is 0.800. The molecular weight excluding hydrogens is 365 g/mol. The predicted molar refractivity (Wildman–Crippen MR) is 89.9 cm³/mol. The van der Waals surface area contributed by atoms with Crippen LogP contribution in [0.15, 0.2) is 23.0 Å². The summed E-state index contributed by atoms with van der Waals surface area (Å²) in [5.41, 5.74) is -0.790. The Morgan fingerprint density at radius 3 is 2.54 bits per heavy atom. The summed E-state index contributed by atoms with van der Waals surface area (Å²) in [6.07, 6.45) is -2.58. The Labute approximate surface area is 144 Å². The van der Waals surface area contributed by atoms with E-state index in [1.165, 1.54) is 6.07 Å². The van der Waals surface area contributed by atoms with Gasteiger partial charge < -0.3 is 16.1 Å². The summed E-state index contributed by atoms with van der Waals surface area (Å²) in [6.45, 7) is 1.56. The van der Waals surface area contributed by atoms with E-state index in [0.29, 0.717) is 5.00 Å². The standard InChI is InChI=1S/C14H14ClF3N4OS/c15-10-4-3-8(7-9(10)14(16,17)18)20-11-12(21-5-1-2-6-21)24-13(23)22(11)19/h3-4,7,20H,1-2,5-6,19H2. The number of nitrogens with two attached hydrogens (primary N) is 1. The molecule has 1 saturated heterocycles. The van der Waals surface area contributed by atoms with E-state index < -0.39 is 11.7 Å². The van der Waals surface area contributed by atoms with Gasteiger partial charge in [0, 0.05) is 18.8 Å². The van der Waals surface area contributed by atoms with Crippen LogP contribution in [0, 0.1) is 0 Å². The first-order valence-electron chi connectivity index (χ1n) is 7.17. The zero-order valence-corrected chi connectivity index (χ0v) is 13.9. The van der Waals surface area contributed by atoms with Gasteiger partial charge in [0.1, 0.15) is 5.00 Å². The van der Waals surface area contributed by atoms with Crippen LogP contribution in [0.1, 0.15) is 18.4 Å². The highest BCUT2D eigenvalue weighted by Gasteiger charge is 2.33. The van der Waals surface area contributed by atoms with Crippen LogP contribution < -0.4 is 20.9 Å². The molecule has 3 rings (SSSR count). The highest BCUT2D eigenvalue weighted by molar-refractivity contribution is 7.14. The van der Waals surface area contributed by atoms with Crippen LogP contribution in [0.2, 0.25) is 5.02 Å². The number of nitrogens with one attached hydrogen (secondary N) is 1. The van der Waals surface area contributed by atoms with Gasteiger partial charge in [-0.1, -0.05) is 22.9 Å². The Morgan fingerprint density at radius 1 is 1.25 bits per heavy atom. The molecule has 0 spiro atoms. The molecule has 0 bridgehead atoms. The highest BCUT2D eigenvalue weighted by atomic mass is 35.5. The smallest absolute Gasteiger partial charge is 0.360 e. The van der Waals surface area contributed by atoms with Crippen molar-refractivity contribution in [2.24, 2.45) is 0 Å². The molecule has 1 aromatic heterocycles. The molecule has 2 aromatic rings. The van der Waals surface area contributed by atoms with Crippen LogP contribution in [-0.4, -0.2) is 17.8 Å². The fraction of sp³-hybridized carbons (Fsp3) is 0.357. The minimum atomic E-state index is -4.57. The van der Waals surface area contributed by atoms with E-state index in [-0.39, 0.29) is 21.4 Å². The number of benzene rings is 1. The number of alkyl halides is 3. The minimum absolute atomic E-state index is 0.157. The summed E-state index contributed by atoms with van der Waals surface area (Å²) in [4.78, 5) is 13.5. The molecule has 3 N–H and O–H groups in total. The van der Waals surface area contributed by atoms with Gasteiger partial charge in [0.05, 0.1) is 10.6 Å². The molecule has 0 saturated carbocycles. The van der Waals surface area contributed by atoms with Crippen LogP contribution in [0.4, 0.5) is 29.7 Å². The van der Waals surface area contributed by atoms with Gasteiger partial charge >= 0.3 is 11.0 Å². The molecule has 130 valence electrons. The number of hydrogen-bond acceptors (Lipinski definition) is 5. The molecule has 0 aliphatic carbocycles. The van der Waals surface area contributed by atoms with E-state index in [9.17, 15) is 18.0 Å². The molecule has 24 heavy (non-hydrogen) atoms. The number of rotatable bonds is 3. The van der Waals surface area contributed by atoms with Crippen molar-refractivity contribution in [3.63, 3.8) is 0 Å². The first-order valence-corrected chi connectivity index (χ1v) is 8.36. The largest absolute Gasteiger partial charge is 0.417 e. The Hall–Kier alpha value is -1.87. The molecule has 2 heterocycles. The molecule has 1 aromatic carbocycles. The fourth-order valence-corrected chi connectivity index (χ4v) is 3.72. The summed E-state index contributed by atoms with van der Waals surface area (Å²) in [6, 6.07) is 3.47. The average molecular weight is 379 g/mol. The maximum atomic E-state index is 13.0. The first-order chi connectivity index (χ1) is 11.3. The molecule has 1 aliphatic rings. The van der Waals surface area contributed by atoms with E-state index in [4.69, 9.17) is 17.4 Å². The fourth-order valence-electron chi connectivity index (χ4n) is 2.58. The van der Waals surface area contributed by atoms with Crippen molar-refractivity contribution < 1.29 is 13.2 Å². The normalized spacial score (nSPS) is 15.1. The molecule has 0 radical (unpaired) electrons. The van der Waals surface area contributed by atoms with Crippen LogP contribution in [0.3, 0.4) is 0 Å². The van der Waals surface area contributed by atoms with Crippen molar-refractivity contribution in [1.82, 2.24) is 4.68 Å². The first kappa shape index (κ1) is 17.0. The number of halogens is 4. The minimum Gasteiger partial charge on any atom is -0.360 e. The van der Waals surface area contributed by atoms with E-state index in [1.54, 1.807) is 0 Å². The van der Waals surface area contributed by atoms with Gasteiger partial charge in [-0.2, -0.15) is 17.8 Å². The van der Waals surface area contributed by atoms with Gasteiger partial charge in [0.15, 0.2) is 5.82 Å². The molecule has 10 heteroatoms. The van der Waals surface area contributed by atoms with Crippen LogP contribution in [0.5, 0.6) is 0 Å². The highest BCUT2D eigenvalue weighted by Crippen LogP contribution is 2.38. The van der Waals surface area contributed by atoms with Gasteiger partial charge in [-0.15, -0.1) is 0 Å². The molecule has 0 atom stereocenters. The molecule has 0 unspecified atom stereocenters. The van der Waals surface area contributed by atoms with Crippen molar-refractivity contribution in [3.05, 3.63) is 38.5 Å². The second kappa shape index (κ2) is 6.21. The molecule has 1 aliphatic heterocycles. The predicted octanol–water partition coefficient (Wildman–Crippen LogP) is 3.64. The second-order valence-corrected chi connectivity index (χ2v) is 6.75. The number of hydrogen-bond donors (Lipinski definition) is 2. The number of aromatic nitrogens is 1. The van der Waals surface area contributed by atoms with Gasteiger partial charge in [-0.3, -0.25) is 4.79 Å². The maximum absolute atomic E-state index is 13.0. The maximum Gasteiger partial charge on any atom is 0.417 e. The number of anilines is 3. The van der Waals surface area contributed by atoms with E-state index in [0.717, 1.165) is 54.1 Å². The summed E-state index contributed by atoms with van der Waals surface area (Å²) in [5, 5.41) is 3.07. The topological polar surface area (TPSA) is 63.3 Å². The lowest BCUT2D eigenvalue weighted by atomic mass is 10.2. The lowest BCUT2D eigenvalue weighted by Gasteiger charge is -2.18. The number of nitrogen functional groups attached to an aromatic ring is 1. The van der Waals surface area contributed by atoms with E-state index in [2.05, 4.69) is 5.32 Å². The summed E-state index contributed by atoms with van der Waals surface area (Å²) in [5.74, 6) is 6.03. The van der Waals surface area contributed by atoms with Crippen LogP contribution in [-0.2, 0) is 6.18 Å².